The summed E-state index contributed by atoms with van der Waals surface area (Å²) >= 11 is 5.78. The fourth-order valence-electron chi connectivity index (χ4n) is 2.18. The van der Waals surface area contributed by atoms with Crippen LogP contribution in [0.5, 0.6) is 5.75 Å². The van der Waals surface area contributed by atoms with E-state index in [0.29, 0.717) is 17.2 Å². The lowest BCUT2D eigenvalue weighted by Crippen LogP contribution is -2.21. The molecule has 2 rings (SSSR count). The number of carbonyl (C=O) groups excluding carboxylic acids is 1. The molecule has 0 aliphatic carbocycles. The molecule has 0 aliphatic rings. The molecule has 12 heteroatoms. The van der Waals surface area contributed by atoms with Gasteiger partial charge in [-0.15, -0.1) is 0 Å². The van der Waals surface area contributed by atoms with Crippen LogP contribution in [-0.2, 0) is 11.0 Å². The smallest absolute Gasteiger partial charge is 0.416 e. The van der Waals surface area contributed by atoms with Crippen LogP contribution in [-0.4, -0.2) is 28.7 Å². The molecule has 0 saturated carbocycles. The third kappa shape index (κ3) is 6.35. The Kier molecular flexibility index (Phi) is 6.99. The van der Waals surface area contributed by atoms with Crippen LogP contribution in [0.25, 0.3) is 0 Å². The molecule has 0 fully saturated rings. The maximum Gasteiger partial charge on any atom is 0.416 e. The Morgan fingerprint density at radius 3 is 2.66 bits per heavy atom. The Morgan fingerprint density at radius 1 is 1.28 bits per heavy atom. The molecule has 1 amide bonds. The van der Waals surface area contributed by atoms with Gasteiger partial charge in [0.05, 0.1) is 16.7 Å². The third-order valence-corrected chi connectivity index (χ3v) is 3.81. The zero-order valence-corrected chi connectivity index (χ0v) is 15.3. The van der Waals surface area contributed by atoms with Crippen LogP contribution in [0.2, 0.25) is 5.02 Å². The topological polar surface area (TPSA) is 117 Å². The fraction of sp³-hybridized carbons (Fsp3) is 0.176. The summed E-state index contributed by atoms with van der Waals surface area (Å²) in [5.41, 5.74) is 0.407. The number of halogens is 4. The lowest BCUT2D eigenvalue weighted by molar-refractivity contribution is -0.384. The van der Waals surface area contributed by atoms with Gasteiger partial charge in [-0.25, -0.2) is 5.43 Å². The fourth-order valence-corrected chi connectivity index (χ4v) is 2.36. The van der Waals surface area contributed by atoms with E-state index in [1.807, 2.05) is 0 Å². The number of hydrazone groups is 1. The Bertz CT molecular complexity index is 951. The molecule has 3 N–H and O–H groups in total. The molecule has 0 aliphatic heterocycles. The maximum absolute atomic E-state index is 12.7. The van der Waals surface area contributed by atoms with Gasteiger partial charge < -0.3 is 10.4 Å². The highest BCUT2D eigenvalue weighted by molar-refractivity contribution is 6.30. The van der Waals surface area contributed by atoms with Gasteiger partial charge >= 0.3 is 6.18 Å². The SMILES string of the molecule is O=C(CCNc1ccc(C(F)(F)F)cc1[N+](=O)[O-])N/N=C\c1cc(Cl)ccc1O. The first-order chi connectivity index (χ1) is 13.6. The van der Waals surface area contributed by atoms with Crippen molar-refractivity contribution in [2.45, 2.75) is 12.6 Å². The molecule has 2 aromatic carbocycles. The van der Waals surface area contributed by atoms with Crippen LogP contribution in [0.3, 0.4) is 0 Å². The monoisotopic (exact) mass is 430 g/mol. The van der Waals surface area contributed by atoms with E-state index in [9.17, 15) is 33.2 Å². The summed E-state index contributed by atoms with van der Waals surface area (Å²) in [5, 5.41) is 27.2. The summed E-state index contributed by atoms with van der Waals surface area (Å²) in [4.78, 5) is 21.8. The zero-order valence-electron chi connectivity index (χ0n) is 14.5. The molecule has 8 nitrogen and oxygen atoms in total. The molecule has 0 bridgehead atoms. The second kappa shape index (κ2) is 9.24. The molecule has 154 valence electrons. The van der Waals surface area contributed by atoms with Gasteiger partial charge in [0, 0.05) is 29.6 Å². The van der Waals surface area contributed by atoms with Gasteiger partial charge in [-0.05, 0) is 30.3 Å². The van der Waals surface area contributed by atoms with Crippen molar-refractivity contribution in [3.8, 4) is 5.75 Å². The summed E-state index contributed by atoms with van der Waals surface area (Å²) < 4.78 is 38.0. The normalized spacial score (nSPS) is 11.4. The van der Waals surface area contributed by atoms with E-state index in [4.69, 9.17) is 11.6 Å². The second-order valence-corrected chi connectivity index (χ2v) is 6.10. The van der Waals surface area contributed by atoms with Crippen LogP contribution in [0.1, 0.15) is 17.5 Å². The van der Waals surface area contributed by atoms with E-state index >= 15 is 0 Å². The van der Waals surface area contributed by atoms with Crippen LogP contribution >= 0.6 is 11.6 Å². The average Bonchev–Trinajstić information content (AvgIpc) is 2.63. The Balaban J connectivity index is 1.92. The first-order valence-electron chi connectivity index (χ1n) is 7.98. The van der Waals surface area contributed by atoms with Gasteiger partial charge in [0.1, 0.15) is 11.4 Å². The Hall–Kier alpha value is -3.34. The Labute approximate surface area is 167 Å². The highest BCUT2D eigenvalue weighted by atomic mass is 35.5. The summed E-state index contributed by atoms with van der Waals surface area (Å²) in [6, 6.07) is 6.31. The van der Waals surface area contributed by atoms with Gasteiger partial charge in [-0.3, -0.25) is 14.9 Å². The molecule has 29 heavy (non-hydrogen) atoms. The number of phenolic OH excluding ortho intramolecular Hbond substituents is 1. The van der Waals surface area contributed by atoms with E-state index in [-0.39, 0.29) is 30.0 Å². The van der Waals surface area contributed by atoms with Crippen molar-refractivity contribution in [2.24, 2.45) is 5.10 Å². The van der Waals surface area contributed by atoms with Gasteiger partial charge in [0.2, 0.25) is 5.91 Å². The van der Waals surface area contributed by atoms with Crippen LogP contribution < -0.4 is 10.7 Å². The highest BCUT2D eigenvalue weighted by Gasteiger charge is 2.33. The number of nitrogens with zero attached hydrogens (tertiary/aromatic N) is 2. The van der Waals surface area contributed by atoms with Gasteiger partial charge in [0.15, 0.2) is 0 Å². The maximum atomic E-state index is 12.7. The molecule has 0 atom stereocenters. The number of hydrogen-bond donors (Lipinski definition) is 3. The Morgan fingerprint density at radius 2 is 2.00 bits per heavy atom. The van der Waals surface area contributed by atoms with Crippen molar-refractivity contribution in [1.82, 2.24) is 5.43 Å². The number of carbonyl (C=O) groups is 1. The lowest BCUT2D eigenvalue weighted by Gasteiger charge is -2.10. The number of alkyl halides is 3. The zero-order chi connectivity index (χ0) is 21.6. The van der Waals surface area contributed by atoms with Crippen molar-refractivity contribution >= 4 is 35.1 Å². The van der Waals surface area contributed by atoms with Gasteiger partial charge in [0.25, 0.3) is 5.69 Å². The molecule has 0 saturated heterocycles. The molecule has 0 aromatic heterocycles. The average molecular weight is 431 g/mol. The number of phenols is 1. The molecule has 0 spiro atoms. The first kappa shape index (κ1) is 22.0. The summed E-state index contributed by atoms with van der Waals surface area (Å²) in [5.74, 6) is -0.659. The van der Waals surface area contributed by atoms with Crippen molar-refractivity contribution in [3.05, 3.63) is 62.7 Å². The number of amides is 1. The third-order valence-electron chi connectivity index (χ3n) is 3.57. The minimum atomic E-state index is -4.71. The molecular formula is C17H14ClF3N4O4. The predicted molar refractivity (Wildman–Crippen MR) is 100 cm³/mol. The first-order valence-corrected chi connectivity index (χ1v) is 8.35. The van der Waals surface area contributed by atoms with Crippen LogP contribution in [0.4, 0.5) is 24.5 Å². The van der Waals surface area contributed by atoms with E-state index in [1.165, 1.54) is 24.4 Å². The number of rotatable bonds is 7. The van der Waals surface area contributed by atoms with Crippen LogP contribution in [0.15, 0.2) is 41.5 Å². The van der Waals surface area contributed by atoms with E-state index in [2.05, 4.69) is 15.8 Å². The minimum absolute atomic E-state index is 0.0873. The highest BCUT2D eigenvalue weighted by Crippen LogP contribution is 2.34. The quantitative estimate of drug-likeness (QED) is 0.349. The summed E-state index contributed by atoms with van der Waals surface area (Å²) in [7, 11) is 0. The number of nitro benzene ring substituents is 1. The lowest BCUT2D eigenvalue weighted by atomic mass is 10.1. The molecular weight excluding hydrogens is 417 g/mol. The number of benzene rings is 2. The predicted octanol–water partition coefficient (Wildman–Crippen LogP) is 3.92. The van der Waals surface area contributed by atoms with Crippen molar-refractivity contribution in [3.63, 3.8) is 0 Å². The van der Waals surface area contributed by atoms with Crippen molar-refractivity contribution < 1.29 is 28.0 Å². The molecule has 0 heterocycles. The largest absolute Gasteiger partial charge is 0.507 e. The molecule has 0 unspecified atom stereocenters. The second-order valence-electron chi connectivity index (χ2n) is 5.66. The number of nitro groups is 1. The van der Waals surface area contributed by atoms with E-state index in [1.54, 1.807) is 0 Å². The van der Waals surface area contributed by atoms with Gasteiger partial charge in [-0.2, -0.15) is 18.3 Å². The number of aromatic hydroxyl groups is 1. The number of anilines is 1. The van der Waals surface area contributed by atoms with E-state index < -0.39 is 28.3 Å². The van der Waals surface area contributed by atoms with E-state index in [0.717, 1.165) is 6.07 Å². The minimum Gasteiger partial charge on any atom is -0.507 e. The van der Waals surface area contributed by atoms with Crippen molar-refractivity contribution in [2.75, 3.05) is 11.9 Å². The standard InChI is InChI=1S/C17H14ClF3N4O4/c18-12-2-4-15(26)10(7-12)9-23-24-16(27)5-6-22-13-3-1-11(17(19,20)21)8-14(13)25(28)29/h1-4,7-9,22,26H,5-6H2,(H,24,27)/b23-9-. The van der Waals surface area contributed by atoms with Crippen LogP contribution in [0, 0.1) is 10.1 Å². The molecule has 2 aromatic rings. The van der Waals surface area contributed by atoms with Gasteiger partial charge in [-0.1, -0.05) is 11.6 Å². The number of hydrogen-bond acceptors (Lipinski definition) is 6. The number of nitrogens with one attached hydrogen (secondary N) is 2. The summed E-state index contributed by atoms with van der Waals surface area (Å²) in [6.45, 7) is -0.0873. The summed E-state index contributed by atoms with van der Waals surface area (Å²) in [6.07, 6.45) is -3.71. The van der Waals surface area contributed by atoms with Crippen molar-refractivity contribution in [1.29, 1.82) is 0 Å². The molecule has 0 radical (unpaired) electrons.